The van der Waals surface area contributed by atoms with Gasteiger partial charge in [0.1, 0.15) is 17.3 Å². The zero-order valence-electron chi connectivity index (χ0n) is 24.5. The number of carbonyl (C=O) groups is 4. The summed E-state index contributed by atoms with van der Waals surface area (Å²) in [6.07, 6.45) is -0.667. The number of halogens is 2. The SMILES string of the molecule is NC(=O)[C@H](Cc1ccc([C@@H]2CC(=O)NS2(=O)=O)cc1)NC(=O)C(Cc1ccccc1)NC(=O)Cc1ccc(C(F)(F)P(=O)(O)O)cc1. The molecule has 3 aromatic carbocycles. The lowest BCUT2D eigenvalue weighted by Crippen LogP contribution is -2.54. The Hall–Kier alpha value is -4.50. The lowest BCUT2D eigenvalue weighted by atomic mass is 10.0. The van der Waals surface area contributed by atoms with Crippen molar-refractivity contribution in [2.75, 3.05) is 0 Å². The molecule has 7 N–H and O–H groups in total. The number of carbonyl (C=O) groups excluding carboxylic acids is 4. The number of hydrogen-bond acceptors (Lipinski definition) is 7. The minimum atomic E-state index is -5.78. The van der Waals surface area contributed by atoms with E-state index in [1.165, 1.54) is 12.1 Å². The molecule has 0 aromatic heterocycles. The number of nitrogens with two attached hydrogens (primary N) is 1. The predicted octanol–water partition coefficient (Wildman–Crippen LogP) is 1.29. The van der Waals surface area contributed by atoms with Crippen LogP contribution in [0.25, 0.3) is 0 Å². The van der Waals surface area contributed by atoms with Crippen LogP contribution in [0.1, 0.15) is 39.5 Å². The predicted molar refractivity (Wildman–Crippen MR) is 164 cm³/mol. The first-order valence-corrected chi connectivity index (χ1v) is 17.2. The Morgan fingerprint density at radius 1 is 0.894 bits per heavy atom. The number of primary amides is 1. The van der Waals surface area contributed by atoms with Crippen LogP contribution in [-0.2, 0) is 58.7 Å². The van der Waals surface area contributed by atoms with E-state index in [0.29, 0.717) is 16.7 Å². The van der Waals surface area contributed by atoms with Gasteiger partial charge in [-0.3, -0.25) is 28.5 Å². The minimum Gasteiger partial charge on any atom is -0.368 e. The lowest BCUT2D eigenvalue weighted by molar-refractivity contribution is -0.131. The molecule has 47 heavy (non-hydrogen) atoms. The molecule has 4 rings (SSSR count). The fourth-order valence-electron chi connectivity index (χ4n) is 4.93. The highest BCUT2D eigenvalue weighted by Crippen LogP contribution is 2.59. The van der Waals surface area contributed by atoms with Crippen molar-refractivity contribution >= 4 is 41.2 Å². The Morgan fingerprint density at radius 2 is 1.45 bits per heavy atom. The summed E-state index contributed by atoms with van der Waals surface area (Å²) >= 11 is 0. The largest absolute Gasteiger partial charge is 0.399 e. The van der Waals surface area contributed by atoms with Crippen molar-refractivity contribution < 1.29 is 50.7 Å². The molecule has 4 amide bonds. The maximum atomic E-state index is 14.0. The molecule has 0 spiro atoms. The molecule has 0 radical (unpaired) electrons. The van der Waals surface area contributed by atoms with Crippen LogP contribution in [0.3, 0.4) is 0 Å². The molecule has 0 saturated carbocycles. The summed E-state index contributed by atoms with van der Waals surface area (Å²) in [7, 11) is -9.63. The molecule has 17 heteroatoms. The van der Waals surface area contributed by atoms with Gasteiger partial charge in [0.05, 0.1) is 12.8 Å². The van der Waals surface area contributed by atoms with Gasteiger partial charge in [-0.05, 0) is 22.3 Å². The Kier molecular flexibility index (Phi) is 10.6. The summed E-state index contributed by atoms with van der Waals surface area (Å²) in [6.45, 7) is 0. The van der Waals surface area contributed by atoms with Gasteiger partial charge in [-0.25, -0.2) is 8.42 Å². The average Bonchev–Trinajstić information content (AvgIpc) is 3.28. The number of nitrogens with one attached hydrogen (secondary N) is 3. The number of amides is 4. The zero-order valence-corrected chi connectivity index (χ0v) is 26.2. The molecule has 0 bridgehead atoms. The van der Waals surface area contributed by atoms with E-state index in [-0.39, 0.29) is 31.2 Å². The Morgan fingerprint density at radius 3 is 1.98 bits per heavy atom. The van der Waals surface area contributed by atoms with E-state index in [0.717, 1.165) is 24.3 Å². The first-order chi connectivity index (χ1) is 22.0. The van der Waals surface area contributed by atoms with Crippen molar-refractivity contribution in [2.45, 2.75) is 48.7 Å². The van der Waals surface area contributed by atoms with Crippen molar-refractivity contribution in [1.82, 2.24) is 15.4 Å². The number of benzene rings is 3. The summed E-state index contributed by atoms with van der Waals surface area (Å²) < 4.78 is 65.4. The highest BCUT2D eigenvalue weighted by Gasteiger charge is 2.50. The van der Waals surface area contributed by atoms with Crippen LogP contribution in [0, 0.1) is 0 Å². The van der Waals surface area contributed by atoms with Gasteiger partial charge in [0.15, 0.2) is 0 Å². The van der Waals surface area contributed by atoms with Crippen molar-refractivity contribution in [2.24, 2.45) is 5.73 Å². The summed E-state index contributed by atoms with van der Waals surface area (Å²) in [6, 6.07) is 16.1. The molecule has 1 unspecified atom stereocenters. The quantitative estimate of drug-likeness (QED) is 0.142. The first-order valence-electron chi connectivity index (χ1n) is 14.1. The van der Waals surface area contributed by atoms with Gasteiger partial charge < -0.3 is 26.2 Å². The van der Waals surface area contributed by atoms with E-state index in [1.54, 1.807) is 42.5 Å². The monoisotopic (exact) mass is 692 g/mol. The number of rotatable bonds is 13. The van der Waals surface area contributed by atoms with E-state index in [1.807, 2.05) is 4.72 Å². The third-order valence-corrected chi connectivity index (χ3v) is 10.1. The molecule has 250 valence electrons. The van der Waals surface area contributed by atoms with Crippen molar-refractivity contribution in [1.29, 1.82) is 0 Å². The Balaban J connectivity index is 1.46. The van der Waals surface area contributed by atoms with E-state index in [2.05, 4.69) is 10.6 Å². The van der Waals surface area contributed by atoms with Crippen LogP contribution in [0.5, 0.6) is 0 Å². The topological polar surface area (TPSA) is 222 Å². The smallest absolute Gasteiger partial charge is 0.368 e. The van der Waals surface area contributed by atoms with Crippen molar-refractivity contribution in [3.63, 3.8) is 0 Å². The van der Waals surface area contributed by atoms with E-state index < -0.39 is 69.8 Å². The molecule has 3 aromatic rings. The molecule has 3 atom stereocenters. The van der Waals surface area contributed by atoms with E-state index in [4.69, 9.17) is 15.5 Å². The van der Waals surface area contributed by atoms with Gasteiger partial charge in [0.25, 0.3) is 0 Å². The van der Waals surface area contributed by atoms with Gasteiger partial charge in [-0.1, -0.05) is 78.9 Å². The van der Waals surface area contributed by atoms with Crippen LogP contribution in [0.15, 0.2) is 78.9 Å². The molecule has 1 heterocycles. The third kappa shape index (κ3) is 8.86. The van der Waals surface area contributed by atoms with Gasteiger partial charge in [-0.15, -0.1) is 0 Å². The second-order valence-corrected chi connectivity index (χ2v) is 14.5. The number of hydrogen-bond donors (Lipinski definition) is 6. The van der Waals surface area contributed by atoms with E-state index >= 15 is 0 Å². The molecule has 1 aliphatic rings. The number of sulfonamides is 1. The lowest BCUT2D eigenvalue weighted by Gasteiger charge is -2.22. The van der Waals surface area contributed by atoms with Crippen LogP contribution in [0.2, 0.25) is 0 Å². The molecule has 0 aliphatic carbocycles. The van der Waals surface area contributed by atoms with Gasteiger partial charge in [0, 0.05) is 18.4 Å². The summed E-state index contributed by atoms with van der Waals surface area (Å²) in [5.74, 6) is -2.93. The fraction of sp³-hybridized carbons (Fsp3) is 0.267. The first kappa shape index (κ1) is 35.4. The Labute approximate surface area is 268 Å². The maximum absolute atomic E-state index is 14.0. The highest BCUT2D eigenvalue weighted by atomic mass is 32.2. The zero-order chi connectivity index (χ0) is 34.6. The Bertz CT molecular complexity index is 1800. The summed E-state index contributed by atoms with van der Waals surface area (Å²) in [5.41, 5.74) is 1.99. The third-order valence-electron chi connectivity index (χ3n) is 7.42. The normalized spacial score (nSPS) is 17.3. The minimum absolute atomic E-state index is 0.00859. The van der Waals surface area contributed by atoms with Crippen LogP contribution < -0.4 is 21.1 Å². The second-order valence-electron chi connectivity index (χ2n) is 10.9. The molecule has 1 fully saturated rings. The van der Waals surface area contributed by atoms with Gasteiger partial charge in [-0.2, -0.15) is 8.78 Å². The van der Waals surface area contributed by atoms with Crippen LogP contribution in [0.4, 0.5) is 8.78 Å². The summed E-state index contributed by atoms with van der Waals surface area (Å²) in [5, 5.41) is 4.06. The van der Waals surface area contributed by atoms with Gasteiger partial charge in [0.2, 0.25) is 33.7 Å². The molecule has 1 saturated heterocycles. The van der Waals surface area contributed by atoms with Crippen LogP contribution in [-0.4, -0.2) is 53.9 Å². The fourth-order valence-corrected chi connectivity index (χ4v) is 6.84. The van der Waals surface area contributed by atoms with Gasteiger partial charge >= 0.3 is 13.3 Å². The summed E-state index contributed by atoms with van der Waals surface area (Å²) in [4.78, 5) is 68.2. The molecule has 1 aliphatic heterocycles. The molecular formula is C30H31F2N4O9PS. The molecule has 13 nitrogen and oxygen atoms in total. The molecular weight excluding hydrogens is 661 g/mol. The standard InChI is InChI=1S/C30H31F2N4O9PS/c31-30(32,46(41,42)43)22-12-8-20(9-13-22)16-26(37)34-24(15-18-4-2-1-3-5-18)29(40)35-23(28(33)39)14-19-6-10-21(11-7-19)25-17-27(38)36-47(25,44)45/h1-13,23-25H,14-17H2,(H2,33,39)(H,34,37)(H,35,40)(H,36,38)(H2,41,42,43)/t23-,24?,25-/m0/s1. The maximum Gasteiger partial charge on any atom is 0.399 e. The highest BCUT2D eigenvalue weighted by molar-refractivity contribution is 7.90. The van der Waals surface area contributed by atoms with Crippen LogP contribution >= 0.6 is 7.60 Å². The van der Waals surface area contributed by atoms with Crippen molar-refractivity contribution in [3.8, 4) is 0 Å². The van der Waals surface area contributed by atoms with E-state index in [9.17, 15) is 40.9 Å². The average molecular weight is 693 g/mol. The number of alkyl halides is 2. The van der Waals surface area contributed by atoms with Crippen molar-refractivity contribution in [3.05, 3.63) is 107 Å². The second kappa shape index (κ2) is 14.1.